The van der Waals surface area contributed by atoms with E-state index in [0.717, 1.165) is 0 Å². The summed E-state index contributed by atoms with van der Waals surface area (Å²) in [5, 5.41) is 8.71. The number of hydrogen-bond donors (Lipinski definition) is 2. The minimum Gasteiger partial charge on any atom is -0.369 e. The highest BCUT2D eigenvalue weighted by atomic mass is 32.2. The molecule has 6 nitrogen and oxygen atoms in total. The Morgan fingerprint density at radius 3 is 2.65 bits per heavy atom. The lowest BCUT2D eigenvalue weighted by Gasteiger charge is -2.06. The van der Waals surface area contributed by atoms with Crippen LogP contribution in [0.4, 0.5) is 0 Å². The molecule has 0 saturated carbocycles. The standard InChI is InChI=1S/C10H11N3O3S/c1-7-4-9(3-2-8(7)5-11)17(15,16)13-6-10(12)14/h2-4,13H,6H2,1H3,(H2,12,14). The molecule has 0 spiro atoms. The number of benzene rings is 1. The van der Waals surface area contributed by atoms with E-state index in [-0.39, 0.29) is 4.90 Å². The molecule has 0 saturated heterocycles. The molecule has 0 aliphatic carbocycles. The lowest BCUT2D eigenvalue weighted by Crippen LogP contribution is -2.33. The Balaban J connectivity index is 3.05. The number of aryl methyl sites for hydroxylation is 1. The number of carbonyl (C=O) groups is 1. The Hall–Kier alpha value is -1.91. The summed E-state index contributed by atoms with van der Waals surface area (Å²) in [4.78, 5) is 10.5. The van der Waals surface area contributed by atoms with Crippen molar-refractivity contribution >= 4 is 15.9 Å². The highest BCUT2D eigenvalue weighted by Crippen LogP contribution is 2.14. The predicted molar refractivity (Wildman–Crippen MR) is 60.3 cm³/mol. The summed E-state index contributed by atoms with van der Waals surface area (Å²) < 4.78 is 25.4. The number of sulfonamides is 1. The fraction of sp³-hybridized carbons (Fsp3) is 0.200. The van der Waals surface area contributed by atoms with E-state index in [4.69, 9.17) is 11.0 Å². The average molecular weight is 253 g/mol. The van der Waals surface area contributed by atoms with E-state index in [1.807, 2.05) is 6.07 Å². The van der Waals surface area contributed by atoms with Crippen LogP contribution in [0.1, 0.15) is 11.1 Å². The van der Waals surface area contributed by atoms with E-state index in [9.17, 15) is 13.2 Å². The van der Waals surface area contributed by atoms with Gasteiger partial charge in [0.1, 0.15) is 0 Å². The second kappa shape index (κ2) is 4.95. The zero-order chi connectivity index (χ0) is 13.1. The molecular weight excluding hydrogens is 242 g/mol. The first-order valence-corrected chi connectivity index (χ1v) is 6.14. The van der Waals surface area contributed by atoms with Gasteiger partial charge in [-0.1, -0.05) is 0 Å². The summed E-state index contributed by atoms with van der Waals surface area (Å²) in [6, 6.07) is 6.01. The molecule has 3 N–H and O–H groups in total. The van der Waals surface area contributed by atoms with E-state index in [1.165, 1.54) is 18.2 Å². The predicted octanol–water partition coefficient (Wildman–Crippen LogP) is -0.370. The maximum Gasteiger partial charge on any atom is 0.241 e. The molecule has 0 aliphatic heterocycles. The maximum absolute atomic E-state index is 11.7. The molecule has 0 aliphatic rings. The van der Waals surface area contributed by atoms with Crippen LogP contribution in [-0.2, 0) is 14.8 Å². The molecule has 0 radical (unpaired) electrons. The quantitative estimate of drug-likeness (QED) is 0.762. The molecule has 7 heteroatoms. The Morgan fingerprint density at radius 1 is 1.53 bits per heavy atom. The van der Waals surface area contributed by atoms with Gasteiger partial charge >= 0.3 is 0 Å². The van der Waals surface area contributed by atoms with Gasteiger partial charge in [-0.2, -0.15) is 5.26 Å². The van der Waals surface area contributed by atoms with Crippen molar-refractivity contribution in [2.24, 2.45) is 5.73 Å². The number of nitrogens with one attached hydrogen (secondary N) is 1. The zero-order valence-corrected chi connectivity index (χ0v) is 9.91. The minimum atomic E-state index is -3.76. The molecule has 0 aromatic heterocycles. The molecule has 0 fully saturated rings. The fourth-order valence-corrected chi connectivity index (χ4v) is 2.26. The molecule has 1 rings (SSSR count). The lowest BCUT2D eigenvalue weighted by molar-refractivity contribution is -0.116. The molecule has 0 heterocycles. The number of primary amides is 1. The second-order valence-corrected chi connectivity index (χ2v) is 5.15. The molecule has 0 bridgehead atoms. The first-order valence-electron chi connectivity index (χ1n) is 4.65. The van der Waals surface area contributed by atoms with Crippen molar-refractivity contribution < 1.29 is 13.2 Å². The summed E-state index contributed by atoms with van der Waals surface area (Å²) in [5.74, 6) is -0.765. The van der Waals surface area contributed by atoms with E-state index in [2.05, 4.69) is 4.72 Å². The van der Waals surface area contributed by atoms with Gasteiger partial charge in [0.25, 0.3) is 0 Å². The summed E-state index contributed by atoms with van der Waals surface area (Å²) in [6.45, 7) is 1.17. The number of nitrogens with two attached hydrogens (primary N) is 1. The van der Waals surface area contributed by atoms with Gasteiger partial charge in [0.2, 0.25) is 15.9 Å². The van der Waals surface area contributed by atoms with Gasteiger partial charge in [-0.3, -0.25) is 4.79 Å². The number of hydrogen-bond acceptors (Lipinski definition) is 4. The average Bonchev–Trinajstić information content (AvgIpc) is 2.26. The fourth-order valence-electron chi connectivity index (χ4n) is 1.18. The third kappa shape index (κ3) is 3.27. The Bertz CT molecular complexity index is 587. The third-order valence-electron chi connectivity index (χ3n) is 2.07. The summed E-state index contributed by atoms with van der Waals surface area (Å²) in [6.07, 6.45) is 0. The van der Waals surface area contributed by atoms with Crippen molar-refractivity contribution in [3.05, 3.63) is 29.3 Å². The number of rotatable bonds is 4. The topological polar surface area (TPSA) is 113 Å². The Kier molecular flexibility index (Phi) is 3.83. The van der Waals surface area contributed by atoms with Gasteiger partial charge < -0.3 is 5.73 Å². The largest absolute Gasteiger partial charge is 0.369 e. The van der Waals surface area contributed by atoms with Crippen molar-refractivity contribution in [2.45, 2.75) is 11.8 Å². The highest BCUT2D eigenvalue weighted by molar-refractivity contribution is 7.89. The molecule has 17 heavy (non-hydrogen) atoms. The monoisotopic (exact) mass is 253 g/mol. The smallest absolute Gasteiger partial charge is 0.241 e. The highest BCUT2D eigenvalue weighted by Gasteiger charge is 2.15. The van der Waals surface area contributed by atoms with Crippen LogP contribution in [0.3, 0.4) is 0 Å². The van der Waals surface area contributed by atoms with Crippen LogP contribution in [0.15, 0.2) is 23.1 Å². The summed E-state index contributed by atoms with van der Waals surface area (Å²) in [5.41, 5.74) is 5.80. The van der Waals surface area contributed by atoms with Gasteiger partial charge in [-0.15, -0.1) is 0 Å². The maximum atomic E-state index is 11.7. The van der Waals surface area contributed by atoms with Crippen LogP contribution in [0.25, 0.3) is 0 Å². The van der Waals surface area contributed by atoms with Gasteiger partial charge in [-0.25, -0.2) is 13.1 Å². The molecule has 1 amide bonds. The second-order valence-electron chi connectivity index (χ2n) is 3.38. The van der Waals surface area contributed by atoms with Crippen LogP contribution in [-0.4, -0.2) is 20.9 Å². The van der Waals surface area contributed by atoms with Crippen molar-refractivity contribution in [1.29, 1.82) is 5.26 Å². The van der Waals surface area contributed by atoms with E-state index in [1.54, 1.807) is 6.92 Å². The minimum absolute atomic E-state index is 0.00440. The number of amides is 1. The van der Waals surface area contributed by atoms with E-state index < -0.39 is 22.5 Å². The first kappa shape index (κ1) is 13.2. The van der Waals surface area contributed by atoms with Crippen molar-refractivity contribution in [2.75, 3.05) is 6.54 Å². The SMILES string of the molecule is Cc1cc(S(=O)(=O)NCC(N)=O)ccc1C#N. The van der Waals surface area contributed by atoms with Crippen LogP contribution >= 0.6 is 0 Å². The summed E-state index contributed by atoms with van der Waals surface area (Å²) >= 11 is 0. The molecule has 0 unspecified atom stereocenters. The zero-order valence-electron chi connectivity index (χ0n) is 9.10. The molecule has 0 atom stereocenters. The van der Waals surface area contributed by atoms with Crippen molar-refractivity contribution in [3.63, 3.8) is 0 Å². The first-order chi connectivity index (χ1) is 7.86. The number of nitriles is 1. The van der Waals surface area contributed by atoms with E-state index >= 15 is 0 Å². The molecule has 1 aromatic carbocycles. The molecule has 90 valence electrons. The van der Waals surface area contributed by atoms with Crippen LogP contribution < -0.4 is 10.5 Å². The van der Waals surface area contributed by atoms with Crippen LogP contribution in [0.2, 0.25) is 0 Å². The molecular formula is C10H11N3O3S. The van der Waals surface area contributed by atoms with Crippen molar-refractivity contribution in [3.8, 4) is 6.07 Å². The van der Waals surface area contributed by atoms with Gasteiger partial charge in [-0.05, 0) is 30.7 Å². The van der Waals surface area contributed by atoms with E-state index in [0.29, 0.717) is 11.1 Å². The Labute approximate surface area is 99.1 Å². The summed E-state index contributed by atoms with van der Waals surface area (Å²) in [7, 11) is -3.76. The lowest BCUT2D eigenvalue weighted by atomic mass is 10.1. The number of nitrogens with zero attached hydrogens (tertiary/aromatic N) is 1. The molecule has 1 aromatic rings. The van der Waals surface area contributed by atoms with Crippen LogP contribution in [0, 0.1) is 18.3 Å². The third-order valence-corrected chi connectivity index (χ3v) is 3.46. The van der Waals surface area contributed by atoms with Crippen LogP contribution in [0.5, 0.6) is 0 Å². The van der Waals surface area contributed by atoms with Gasteiger partial charge in [0.15, 0.2) is 0 Å². The van der Waals surface area contributed by atoms with Gasteiger partial charge in [0, 0.05) is 0 Å². The number of carbonyl (C=O) groups excluding carboxylic acids is 1. The Morgan fingerprint density at radius 2 is 2.18 bits per heavy atom. The van der Waals surface area contributed by atoms with Gasteiger partial charge in [0.05, 0.1) is 23.1 Å². The van der Waals surface area contributed by atoms with Crippen molar-refractivity contribution in [1.82, 2.24) is 4.72 Å². The normalized spacial score (nSPS) is 10.8.